The molecule has 0 bridgehead atoms. The zero-order valence-electron chi connectivity index (χ0n) is 13.7. The van der Waals surface area contributed by atoms with E-state index in [1.54, 1.807) is 0 Å². The van der Waals surface area contributed by atoms with Crippen molar-refractivity contribution >= 4 is 23.4 Å². The van der Waals surface area contributed by atoms with Gasteiger partial charge in [-0.05, 0) is 0 Å². The van der Waals surface area contributed by atoms with Gasteiger partial charge in [0.15, 0.2) is 5.78 Å². The minimum Gasteiger partial charge on any atom is -0.480 e. The first-order chi connectivity index (χ1) is 11.6. The number of hydrogen-bond donors (Lipinski definition) is 0. The highest BCUT2D eigenvalue weighted by molar-refractivity contribution is 6.22. The zero-order valence-corrected chi connectivity index (χ0v) is 13.7. The molecule has 1 fully saturated rings. The number of nitro groups is 1. The van der Waals surface area contributed by atoms with Gasteiger partial charge in [-0.25, -0.2) is 0 Å². The number of hydrogen-bond acceptors (Lipinski definition) is 10. The minimum atomic E-state index is -1.93. The second kappa shape index (κ2) is 6.34. The Kier molecular flexibility index (Phi) is 4.59. The third kappa shape index (κ3) is 3.34. The Labute approximate surface area is 141 Å². The number of carbonyl (C=O) groups excluding carboxylic acids is 3. The van der Waals surface area contributed by atoms with Crippen LogP contribution in [0.25, 0.3) is 0 Å². The van der Waals surface area contributed by atoms with Crippen molar-refractivity contribution in [2.24, 2.45) is 5.92 Å². The highest BCUT2D eigenvalue weighted by Crippen LogP contribution is 2.34. The molecule has 0 atom stereocenters. The van der Waals surface area contributed by atoms with Crippen molar-refractivity contribution in [3.63, 3.8) is 0 Å². The van der Waals surface area contributed by atoms with E-state index < -0.39 is 51.5 Å². The average molecular weight is 354 g/mol. The molecule has 0 saturated carbocycles. The van der Waals surface area contributed by atoms with Crippen LogP contribution in [0.4, 0.5) is 5.69 Å². The van der Waals surface area contributed by atoms with E-state index in [0.29, 0.717) is 0 Å². The van der Waals surface area contributed by atoms with Crippen molar-refractivity contribution in [2.75, 3.05) is 14.2 Å². The van der Waals surface area contributed by atoms with Crippen LogP contribution in [-0.2, 0) is 19.1 Å². The van der Waals surface area contributed by atoms with Gasteiger partial charge in [-0.15, -0.1) is 0 Å². The third-order valence-electron chi connectivity index (χ3n) is 3.21. The van der Waals surface area contributed by atoms with E-state index in [1.807, 2.05) is 0 Å². The summed E-state index contributed by atoms with van der Waals surface area (Å²) >= 11 is 0. The predicted octanol–water partition coefficient (Wildman–Crippen LogP) is 0.642. The molecule has 0 aromatic carbocycles. The molecule has 1 aromatic rings. The van der Waals surface area contributed by atoms with Gasteiger partial charge < -0.3 is 18.9 Å². The number of rotatable bonds is 5. The second-order valence-corrected chi connectivity index (χ2v) is 5.37. The number of esters is 2. The summed E-state index contributed by atoms with van der Waals surface area (Å²) in [5, 5.41) is 11.1. The van der Waals surface area contributed by atoms with Crippen molar-refractivity contribution in [1.82, 2.24) is 4.98 Å². The quantitative estimate of drug-likeness (QED) is 0.243. The van der Waals surface area contributed by atoms with Gasteiger partial charge in [-0.1, -0.05) is 0 Å². The third-order valence-corrected chi connectivity index (χ3v) is 3.21. The van der Waals surface area contributed by atoms with Crippen LogP contribution in [0, 0.1) is 16.0 Å². The summed E-state index contributed by atoms with van der Waals surface area (Å²) in [6.07, 6.45) is 0. The summed E-state index contributed by atoms with van der Waals surface area (Å²) in [7, 11) is 2.30. The van der Waals surface area contributed by atoms with E-state index >= 15 is 0 Å². The van der Waals surface area contributed by atoms with Crippen molar-refractivity contribution in [3.05, 3.63) is 21.7 Å². The molecule has 0 radical (unpaired) electrons. The largest absolute Gasteiger partial charge is 0.480 e. The van der Waals surface area contributed by atoms with Crippen molar-refractivity contribution in [1.29, 1.82) is 0 Å². The molecule has 2 rings (SSSR count). The first kappa shape index (κ1) is 18.1. The van der Waals surface area contributed by atoms with Gasteiger partial charge >= 0.3 is 17.6 Å². The Morgan fingerprint density at radius 2 is 1.72 bits per heavy atom. The lowest BCUT2D eigenvalue weighted by molar-refractivity contribution is -0.386. The molecule has 2 heterocycles. The van der Waals surface area contributed by atoms with Gasteiger partial charge in [0.25, 0.3) is 11.7 Å². The first-order valence-electron chi connectivity index (χ1n) is 6.88. The molecule has 0 aliphatic carbocycles. The monoisotopic (exact) mass is 354 g/mol. The number of Topliss-reactive ketones (excluding diaryl/α,β-unsaturated/α-hetero) is 1. The molecule has 25 heavy (non-hydrogen) atoms. The van der Waals surface area contributed by atoms with Crippen LogP contribution in [0.15, 0.2) is 6.07 Å². The lowest BCUT2D eigenvalue weighted by Crippen LogP contribution is -2.49. The summed E-state index contributed by atoms with van der Waals surface area (Å²) in [6.45, 7) is 2.65. The van der Waals surface area contributed by atoms with Gasteiger partial charge in [0.05, 0.1) is 24.7 Å². The molecule has 11 heteroatoms. The number of ketones is 1. The summed E-state index contributed by atoms with van der Waals surface area (Å²) in [5.41, 5.74) is -1.09. The smallest absolute Gasteiger partial charge is 0.331 e. The number of aromatic nitrogens is 1. The van der Waals surface area contributed by atoms with E-state index in [2.05, 4.69) is 4.98 Å². The van der Waals surface area contributed by atoms with Gasteiger partial charge in [0.1, 0.15) is 0 Å². The van der Waals surface area contributed by atoms with E-state index in [1.165, 1.54) is 13.8 Å². The Balaban J connectivity index is 2.52. The molecule has 0 amide bonds. The maximum Gasteiger partial charge on any atom is 0.331 e. The molecule has 0 N–H and O–H groups in total. The van der Waals surface area contributed by atoms with E-state index in [4.69, 9.17) is 18.9 Å². The van der Waals surface area contributed by atoms with Crippen molar-refractivity contribution in [3.8, 4) is 11.8 Å². The predicted molar refractivity (Wildman–Crippen MR) is 78.1 cm³/mol. The highest BCUT2D eigenvalue weighted by atomic mass is 16.7. The minimum absolute atomic E-state index is 0.349. The Morgan fingerprint density at radius 3 is 2.16 bits per heavy atom. The van der Waals surface area contributed by atoms with Crippen LogP contribution in [0.5, 0.6) is 11.8 Å². The Morgan fingerprint density at radius 1 is 1.20 bits per heavy atom. The number of carbonyl (C=O) groups is 3. The lowest BCUT2D eigenvalue weighted by Gasteiger charge is -2.32. The van der Waals surface area contributed by atoms with E-state index in [0.717, 1.165) is 20.3 Å². The normalized spacial score (nSPS) is 16.6. The van der Waals surface area contributed by atoms with Gasteiger partial charge in [-0.2, -0.15) is 4.98 Å². The summed E-state index contributed by atoms with van der Waals surface area (Å²) in [6, 6.07) is 0.813. The molecule has 1 aliphatic heterocycles. The van der Waals surface area contributed by atoms with Crippen LogP contribution in [0.1, 0.15) is 24.2 Å². The number of ether oxygens (including phenoxy) is 4. The first-order valence-corrected chi connectivity index (χ1v) is 6.88. The summed E-state index contributed by atoms with van der Waals surface area (Å²) < 4.78 is 19.4. The molecule has 11 nitrogen and oxygen atoms in total. The van der Waals surface area contributed by atoms with Gasteiger partial charge in [0, 0.05) is 19.9 Å². The van der Waals surface area contributed by atoms with Crippen LogP contribution < -0.4 is 9.47 Å². The Bertz CT molecular complexity index is 752. The summed E-state index contributed by atoms with van der Waals surface area (Å²) in [4.78, 5) is 50.6. The average Bonchev–Trinajstić information content (AvgIpc) is 2.51. The van der Waals surface area contributed by atoms with Crippen molar-refractivity contribution in [2.45, 2.75) is 19.6 Å². The molecule has 0 spiro atoms. The summed E-state index contributed by atoms with van der Waals surface area (Å²) in [5.74, 6) is -7.55. The molecule has 134 valence electrons. The molecule has 1 aliphatic rings. The zero-order chi connectivity index (χ0) is 18.9. The molecule has 0 unspecified atom stereocenters. The van der Waals surface area contributed by atoms with Crippen LogP contribution in [0.2, 0.25) is 0 Å². The molecule has 1 saturated heterocycles. The highest BCUT2D eigenvalue weighted by Gasteiger charge is 2.48. The number of nitrogens with zero attached hydrogens (tertiary/aromatic N) is 2. The second-order valence-electron chi connectivity index (χ2n) is 5.37. The van der Waals surface area contributed by atoms with Crippen LogP contribution >= 0.6 is 0 Å². The lowest BCUT2D eigenvalue weighted by atomic mass is 9.97. The molecular weight excluding hydrogens is 340 g/mol. The standard InChI is InChI=1S/C14H14N2O9/c1-14(2)24-12(18)8(13(19)25-14)9(17)6-5-7(16(20)21)11(23-4)15-10(6)22-3/h5,8H,1-4H3. The molecule has 1 aromatic heterocycles. The van der Waals surface area contributed by atoms with E-state index in [-0.39, 0.29) is 5.88 Å². The van der Waals surface area contributed by atoms with E-state index in [9.17, 15) is 24.5 Å². The number of pyridine rings is 1. The topological polar surface area (TPSA) is 144 Å². The van der Waals surface area contributed by atoms with Crippen LogP contribution in [-0.4, -0.2) is 47.6 Å². The van der Waals surface area contributed by atoms with Crippen molar-refractivity contribution < 1.29 is 38.3 Å². The van der Waals surface area contributed by atoms with Gasteiger partial charge in [-0.3, -0.25) is 24.5 Å². The number of cyclic esters (lactones) is 2. The van der Waals surface area contributed by atoms with Crippen LogP contribution in [0.3, 0.4) is 0 Å². The fraction of sp³-hybridized carbons (Fsp3) is 0.429. The maximum absolute atomic E-state index is 12.6. The number of methoxy groups -OCH3 is 2. The SMILES string of the molecule is COc1nc(OC)c([N+](=O)[O-])cc1C(=O)C1C(=O)OC(C)(C)OC1=O. The Hall–Kier alpha value is -3.24. The fourth-order valence-corrected chi connectivity index (χ4v) is 2.17. The maximum atomic E-state index is 12.6. The fourth-order valence-electron chi connectivity index (χ4n) is 2.17. The molecular formula is C14H14N2O9. The van der Waals surface area contributed by atoms with Gasteiger partial charge in [0.2, 0.25) is 11.8 Å².